The molecule has 1 unspecified atom stereocenters. The number of hydrogen-bond acceptors (Lipinski definition) is 3. The monoisotopic (exact) mass is 298 g/mol. The van der Waals surface area contributed by atoms with Gasteiger partial charge in [-0.1, -0.05) is 24.3 Å². The topological polar surface area (TPSA) is 55.8 Å². The Morgan fingerprint density at radius 3 is 2.50 bits per heavy atom. The van der Waals surface area contributed by atoms with Gasteiger partial charge < -0.3 is 14.6 Å². The molecule has 1 aliphatic rings. The highest BCUT2D eigenvalue weighted by atomic mass is 16.5. The summed E-state index contributed by atoms with van der Waals surface area (Å²) in [5.41, 5.74) is 0.808. The molecule has 0 amide bonds. The first kappa shape index (κ1) is 14.4. The van der Waals surface area contributed by atoms with Crippen LogP contribution in [-0.4, -0.2) is 18.2 Å². The van der Waals surface area contributed by atoms with E-state index in [1.54, 1.807) is 27.0 Å². The van der Waals surface area contributed by atoms with E-state index in [-0.39, 0.29) is 5.92 Å². The number of rotatable bonds is 3. The molecule has 3 rings (SSSR count). The molecule has 0 fully saturated rings. The number of carboxylic acid groups (broad SMARTS) is 1. The van der Waals surface area contributed by atoms with Gasteiger partial charge in [0.25, 0.3) is 0 Å². The third kappa shape index (κ3) is 2.11. The predicted molar refractivity (Wildman–Crippen MR) is 82.8 cm³/mol. The SMILES string of the molecule is COc1ccc2c(c1)Oc1ccccc1C2C(C)(C)C(=O)O. The van der Waals surface area contributed by atoms with Crippen LogP contribution in [0.5, 0.6) is 17.2 Å². The Kier molecular flexibility index (Phi) is 3.32. The minimum atomic E-state index is -0.955. The summed E-state index contributed by atoms with van der Waals surface area (Å²) in [4.78, 5) is 11.8. The van der Waals surface area contributed by atoms with E-state index >= 15 is 0 Å². The van der Waals surface area contributed by atoms with Gasteiger partial charge in [0, 0.05) is 23.1 Å². The standard InChI is InChI=1S/C18H18O4/c1-18(2,17(19)20)16-12-6-4-5-7-14(12)22-15-10-11(21-3)8-9-13(15)16/h4-10,16H,1-3H3,(H,19,20). The van der Waals surface area contributed by atoms with Gasteiger partial charge in [-0.05, 0) is 26.0 Å². The van der Waals surface area contributed by atoms with Crippen LogP contribution in [0.4, 0.5) is 0 Å². The number of carbonyl (C=O) groups is 1. The van der Waals surface area contributed by atoms with Crippen LogP contribution >= 0.6 is 0 Å². The van der Waals surface area contributed by atoms with Gasteiger partial charge >= 0.3 is 5.97 Å². The van der Waals surface area contributed by atoms with E-state index in [9.17, 15) is 9.90 Å². The summed E-state index contributed by atoms with van der Waals surface area (Å²) in [6.45, 7) is 3.49. The lowest BCUT2D eigenvalue weighted by atomic mass is 9.70. The number of aliphatic carboxylic acids is 1. The molecule has 0 aliphatic carbocycles. The fourth-order valence-corrected chi connectivity index (χ4v) is 2.97. The number of fused-ring (bicyclic) bond motifs is 2. The molecule has 0 bridgehead atoms. The van der Waals surface area contributed by atoms with E-state index in [1.807, 2.05) is 36.4 Å². The van der Waals surface area contributed by atoms with Gasteiger partial charge in [0.05, 0.1) is 12.5 Å². The molecule has 1 aliphatic heterocycles. The fourth-order valence-electron chi connectivity index (χ4n) is 2.97. The molecule has 4 heteroatoms. The van der Waals surface area contributed by atoms with Gasteiger partial charge in [0.15, 0.2) is 0 Å². The van der Waals surface area contributed by atoms with Crippen LogP contribution in [-0.2, 0) is 4.79 Å². The molecule has 2 aromatic rings. The zero-order valence-electron chi connectivity index (χ0n) is 12.8. The Labute approximate surface area is 129 Å². The van der Waals surface area contributed by atoms with Gasteiger partial charge in [-0.2, -0.15) is 0 Å². The third-order valence-electron chi connectivity index (χ3n) is 4.25. The van der Waals surface area contributed by atoms with Crippen LogP contribution in [0.25, 0.3) is 0 Å². The molecule has 0 saturated heterocycles. The maximum atomic E-state index is 11.8. The predicted octanol–water partition coefficient (Wildman–Crippen LogP) is 4.04. The van der Waals surface area contributed by atoms with Gasteiger partial charge in [0.2, 0.25) is 0 Å². The number of carboxylic acids is 1. The van der Waals surface area contributed by atoms with Gasteiger partial charge in [-0.3, -0.25) is 4.79 Å². The van der Waals surface area contributed by atoms with Crippen LogP contribution in [0, 0.1) is 5.41 Å². The molecule has 0 radical (unpaired) electrons. The average molecular weight is 298 g/mol. The number of para-hydroxylation sites is 1. The lowest BCUT2D eigenvalue weighted by molar-refractivity contribution is -0.147. The molecular weight excluding hydrogens is 280 g/mol. The van der Waals surface area contributed by atoms with Crippen LogP contribution in [0.15, 0.2) is 42.5 Å². The highest BCUT2D eigenvalue weighted by molar-refractivity contribution is 5.77. The Morgan fingerprint density at radius 2 is 1.82 bits per heavy atom. The second kappa shape index (κ2) is 5.05. The summed E-state index contributed by atoms with van der Waals surface area (Å²) in [5.74, 6) is 0.914. The molecule has 1 heterocycles. The van der Waals surface area contributed by atoms with Crippen molar-refractivity contribution in [3.63, 3.8) is 0 Å². The molecular formula is C18H18O4. The molecule has 2 aromatic carbocycles. The Morgan fingerprint density at radius 1 is 1.14 bits per heavy atom. The Balaban J connectivity index is 2.23. The molecule has 4 nitrogen and oxygen atoms in total. The fraction of sp³-hybridized carbons (Fsp3) is 0.278. The van der Waals surface area contributed by atoms with E-state index in [1.165, 1.54) is 0 Å². The summed E-state index contributed by atoms with van der Waals surface area (Å²) in [7, 11) is 1.59. The zero-order valence-corrected chi connectivity index (χ0v) is 12.8. The summed E-state index contributed by atoms with van der Waals surface area (Å²) < 4.78 is 11.2. The van der Waals surface area contributed by atoms with Crippen molar-refractivity contribution >= 4 is 5.97 Å². The summed E-state index contributed by atoms with van der Waals surface area (Å²) in [6.07, 6.45) is 0. The van der Waals surface area contributed by atoms with Crippen molar-refractivity contribution in [2.75, 3.05) is 7.11 Å². The molecule has 0 aromatic heterocycles. The van der Waals surface area contributed by atoms with E-state index in [2.05, 4.69) is 0 Å². The lowest BCUT2D eigenvalue weighted by Crippen LogP contribution is -2.33. The lowest BCUT2D eigenvalue weighted by Gasteiger charge is -2.36. The second-order valence-electron chi connectivity index (χ2n) is 6.00. The van der Waals surface area contributed by atoms with Crippen molar-refractivity contribution in [1.29, 1.82) is 0 Å². The van der Waals surface area contributed by atoms with Crippen molar-refractivity contribution < 1.29 is 19.4 Å². The first-order valence-electron chi connectivity index (χ1n) is 7.13. The minimum absolute atomic E-state index is 0.282. The minimum Gasteiger partial charge on any atom is -0.497 e. The second-order valence-corrected chi connectivity index (χ2v) is 6.00. The van der Waals surface area contributed by atoms with Crippen molar-refractivity contribution in [2.45, 2.75) is 19.8 Å². The first-order valence-corrected chi connectivity index (χ1v) is 7.13. The van der Waals surface area contributed by atoms with Crippen molar-refractivity contribution in [3.8, 4) is 17.2 Å². The Hall–Kier alpha value is -2.49. The van der Waals surface area contributed by atoms with Crippen molar-refractivity contribution in [2.24, 2.45) is 5.41 Å². The number of benzene rings is 2. The summed E-state index contributed by atoms with van der Waals surface area (Å²) in [6, 6.07) is 13.1. The third-order valence-corrected chi connectivity index (χ3v) is 4.25. The smallest absolute Gasteiger partial charge is 0.310 e. The van der Waals surface area contributed by atoms with Gasteiger partial charge in [-0.15, -0.1) is 0 Å². The summed E-state index contributed by atoms with van der Waals surface area (Å²) >= 11 is 0. The maximum Gasteiger partial charge on any atom is 0.310 e. The quantitative estimate of drug-likeness (QED) is 0.929. The molecule has 0 saturated carbocycles. The van der Waals surface area contributed by atoms with Crippen LogP contribution in [0.3, 0.4) is 0 Å². The first-order chi connectivity index (χ1) is 10.4. The molecule has 114 valence electrons. The zero-order chi connectivity index (χ0) is 15.9. The number of methoxy groups -OCH3 is 1. The molecule has 1 atom stereocenters. The molecule has 0 spiro atoms. The highest BCUT2D eigenvalue weighted by Crippen LogP contribution is 2.52. The Bertz CT molecular complexity index is 734. The van der Waals surface area contributed by atoms with Crippen LogP contribution < -0.4 is 9.47 Å². The summed E-state index contributed by atoms with van der Waals surface area (Å²) in [5, 5.41) is 9.68. The molecule has 22 heavy (non-hydrogen) atoms. The average Bonchev–Trinajstić information content (AvgIpc) is 2.51. The van der Waals surface area contributed by atoms with E-state index in [0.717, 1.165) is 11.1 Å². The van der Waals surface area contributed by atoms with Crippen LogP contribution in [0.1, 0.15) is 30.9 Å². The van der Waals surface area contributed by atoms with Crippen molar-refractivity contribution in [3.05, 3.63) is 53.6 Å². The number of hydrogen-bond donors (Lipinski definition) is 1. The van der Waals surface area contributed by atoms with Gasteiger partial charge in [-0.25, -0.2) is 0 Å². The highest BCUT2D eigenvalue weighted by Gasteiger charge is 2.43. The largest absolute Gasteiger partial charge is 0.497 e. The van der Waals surface area contributed by atoms with Gasteiger partial charge in [0.1, 0.15) is 17.2 Å². The van der Waals surface area contributed by atoms with E-state index in [0.29, 0.717) is 17.2 Å². The molecule has 1 N–H and O–H groups in total. The van der Waals surface area contributed by atoms with Crippen LogP contribution in [0.2, 0.25) is 0 Å². The van der Waals surface area contributed by atoms with Crippen molar-refractivity contribution in [1.82, 2.24) is 0 Å². The normalized spacial score (nSPS) is 16.2. The van der Waals surface area contributed by atoms with E-state index < -0.39 is 11.4 Å². The van der Waals surface area contributed by atoms with E-state index in [4.69, 9.17) is 9.47 Å². The number of ether oxygens (including phenoxy) is 2. The maximum absolute atomic E-state index is 11.8.